The van der Waals surface area contributed by atoms with E-state index in [1.54, 1.807) is 24.3 Å². The van der Waals surface area contributed by atoms with Crippen LogP contribution in [-0.2, 0) is 9.84 Å². The van der Waals surface area contributed by atoms with Crippen LogP contribution in [0.3, 0.4) is 0 Å². The van der Waals surface area contributed by atoms with E-state index in [0.717, 1.165) is 11.8 Å². The molecule has 0 spiro atoms. The van der Waals surface area contributed by atoms with Gasteiger partial charge in [0.25, 0.3) is 0 Å². The molecular weight excluding hydrogens is 188 g/mol. The predicted molar refractivity (Wildman–Crippen MR) is 51.0 cm³/mol. The molecule has 0 fully saturated rings. The summed E-state index contributed by atoms with van der Waals surface area (Å²) in [6.07, 6.45) is 1.01. The second-order valence-corrected chi connectivity index (χ2v) is 5.20. The molecule has 0 aliphatic rings. The lowest BCUT2D eigenvalue weighted by Crippen LogP contribution is -2.10. The highest BCUT2D eigenvalue weighted by Crippen LogP contribution is 2.18. The average molecular weight is 200 g/mol. The lowest BCUT2D eigenvalue weighted by molar-refractivity contribution is 0.255. The Hall–Kier alpha value is -0.870. The van der Waals surface area contributed by atoms with Gasteiger partial charge in [0.2, 0.25) is 0 Å². The van der Waals surface area contributed by atoms with Gasteiger partial charge in [-0.25, -0.2) is 8.42 Å². The third kappa shape index (κ3) is 2.54. The zero-order valence-electron chi connectivity index (χ0n) is 7.56. The maximum atomic E-state index is 11.0. The predicted octanol–water partition coefficient (Wildman–Crippen LogP) is 1.03. The topological polar surface area (TPSA) is 54.4 Å². The van der Waals surface area contributed by atoms with Crippen molar-refractivity contribution in [1.29, 1.82) is 0 Å². The number of hydrogen-bond acceptors (Lipinski definition) is 3. The molecule has 72 valence electrons. The summed E-state index contributed by atoms with van der Waals surface area (Å²) in [6.45, 7) is 1.90. The van der Waals surface area contributed by atoms with E-state index >= 15 is 0 Å². The van der Waals surface area contributed by atoms with Crippen molar-refractivity contribution in [3.05, 3.63) is 35.4 Å². The molecule has 0 radical (unpaired) electrons. The minimum Gasteiger partial charge on any atom is -0.373 e. The average Bonchev–Trinajstić information content (AvgIpc) is 2.03. The number of hydrogen-bond donors (Lipinski definition) is 1. The van der Waals surface area contributed by atoms with E-state index in [4.69, 9.17) is 0 Å². The summed E-state index contributed by atoms with van der Waals surface area (Å²) in [5.74, 6) is 0. The van der Waals surface area contributed by atoms with Crippen LogP contribution < -0.4 is 0 Å². The molecule has 0 aliphatic heterocycles. The number of benzene rings is 1. The maximum Gasteiger partial charge on any atom is 0.180 e. The third-order valence-corrected chi connectivity index (χ3v) is 2.85. The Bertz CT molecular complexity index is 378. The first-order valence-corrected chi connectivity index (χ1v) is 5.80. The fourth-order valence-corrected chi connectivity index (χ4v) is 1.63. The Morgan fingerprint density at radius 2 is 1.69 bits per heavy atom. The fourth-order valence-electron chi connectivity index (χ4n) is 0.978. The van der Waals surface area contributed by atoms with Crippen LogP contribution in [0.5, 0.6) is 0 Å². The van der Waals surface area contributed by atoms with E-state index in [-0.39, 0.29) is 0 Å². The minimum absolute atomic E-state index is 0.410. The van der Waals surface area contributed by atoms with Gasteiger partial charge in [-0.05, 0) is 12.5 Å². The summed E-state index contributed by atoms with van der Waals surface area (Å²) in [7, 11) is -3.41. The molecule has 0 amide bonds. The van der Waals surface area contributed by atoms with Gasteiger partial charge >= 0.3 is 0 Å². The van der Waals surface area contributed by atoms with Gasteiger partial charge in [-0.2, -0.15) is 0 Å². The van der Waals surface area contributed by atoms with Gasteiger partial charge in [0, 0.05) is 6.26 Å². The van der Waals surface area contributed by atoms with Crippen LogP contribution in [-0.4, -0.2) is 19.8 Å². The Kier molecular flexibility index (Phi) is 2.73. The van der Waals surface area contributed by atoms with E-state index < -0.39 is 15.3 Å². The Balaban J connectivity index is 3.04. The molecular formula is C9H12O3S. The second-order valence-electron chi connectivity index (χ2n) is 3.09. The molecule has 1 aromatic rings. The molecule has 0 saturated heterocycles. The summed E-state index contributed by atoms with van der Waals surface area (Å²) in [5.41, 5.74) is 0.0330. The molecule has 13 heavy (non-hydrogen) atoms. The quantitative estimate of drug-likeness (QED) is 0.775. The molecule has 3 nitrogen and oxygen atoms in total. The van der Waals surface area contributed by atoms with Gasteiger partial charge in [-0.15, -0.1) is 0 Å². The van der Waals surface area contributed by atoms with Crippen LogP contribution in [0.2, 0.25) is 0 Å². The Labute approximate surface area is 77.9 Å². The SMILES string of the molecule is Cc1ccc(C(O)S(C)(=O)=O)cc1. The fraction of sp³-hybridized carbons (Fsp3) is 0.333. The van der Waals surface area contributed by atoms with E-state index in [9.17, 15) is 13.5 Å². The van der Waals surface area contributed by atoms with Gasteiger partial charge < -0.3 is 5.11 Å². The van der Waals surface area contributed by atoms with E-state index in [0.29, 0.717) is 5.56 Å². The first-order valence-electron chi connectivity index (χ1n) is 3.85. The molecule has 0 bridgehead atoms. The number of aliphatic hydroxyl groups excluding tert-OH is 1. The van der Waals surface area contributed by atoms with Crippen molar-refractivity contribution < 1.29 is 13.5 Å². The maximum absolute atomic E-state index is 11.0. The van der Waals surface area contributed by atoms with Crippen LogP contribution in [0, 0.1) is 6.92 Å². The van der Waals surface area contributed by atoms with Gasteiger partial charge in [-0.3, -0.25) is 0 Å². The summed E-state index contributed by atoms with van der Waals surface area (Å²) >= 11 is 0. The number of aliphatic hydroxyl groups is 1. The molecule has 1 rings (SSSR count). The van der Waals surface area contributed by atoms with Crippen molar-refractivity contribution in [2.24, 2.45) is 0 Å². The molecule has 1 atom stereocenters. The number of sulfone groups is 1. The van der Waals surface area contributed by atoms with Gasteiger partial charge in [0.15, 0.2) is 15.3 Å². The summed E-state index contributed by atoms with van der Waals surface area (Å²) in [4.78, 5) is 0. The molecule has 4 heteroatoms. The zero-order chi connectivity index (χ0) is 10.1. The monoisotopic (exact) mass is 200 g/mol. The number of aryl methyl sites for hydroxylation is 1. The minimum atomic E-state index is -3.41. The van der Waals surface area contributed by atoms with Crippen molar-refractivity contribution in [1.82, 2.24) is 0 Å². The van der Waals surface area contributed by atoms with Crippen LogP contribution in [0.25, 0.3) is 0 Å². The number of rotatable bonds is 2. The van der Waals surface area contributed by atoms with E-state index in [1.807, 2.05) is 6.92 Å². The molecule has 1 aromatic carbocycles. The molecule has 1 unspecified atom stereocenters. The first kappa shape index (κ1) is 10.2. The lowest BCUT2D eigenvalue weighted by atomic mass is 10.2. The molecule has 0 aromatic heterocycles. The third-order valence-electron chi connectivity index (χ3n) is 1.77. The normalized spacial score (nSPS) is 14.1. The lowest BCUT2D eigenvalue weighted by Gasteiger charge is -2.08. The second kappa shape index (κ2) is 3.47. The van der Waals surface area contributed by atoms with Crippen LogP contribution >= 0.6 is 0 Å². The van der Waals surface area contributed by atoms with Gasteiger partial charge in [-0.1, -0.05) is 29.8 Å². The van der Waals surface area contributed by atoms with Crippen molar-refractivity contribution in [3.63, 3.8) is 0 Å². The molecule has 0 aliphatic carbocycles. The largest absolute Gasteiger partial charge is 0.373 e. The van der Waals surface area contributed by atoms with Crippen LogP contribution in [0.15, 0.2) is 24.3 Å². The Morgan fingerprint density at radius 3 is 2.08 bits per heavy atom. The first-order chi connectivity index (χ1) is 5.91. The highest BCUT2D eigenvalue weighted by Gasteiger charge is 2.18. The molecule has 1 N–H and O–H groups in total. The molecule has 0 heterocycles. The molecule has 0 saturated carbocycles. The summed E-state index contributed by atoms with van der Waals surface area (Å²) in [5, 5.41) is 9.36. The summed E-state index contributed by atoms with van der Waals surface area (Å²) in [6, 6.07) is 6.76. The van der Waals surface area contributed by atoms with Gasteiger partial charge in [0.05, 0.1) is 0 Å². The van der Waals surface area contributed by atoms with Crippen molar-refractivity contribution in [3.8, 4) is 0 Å². The highest BCUT2D eigenvalue weighted by atomic mass is 32.2. The van der Waals surface area contributed by atoms with Crippen molar-refractivity contribution in [2.75, 3.05) is 6.26 Å². The van der Waals surface area contributed by atoms with E-state index in [2.05, 4.69) is 0 Å². The summed E-state index contributed by atoms with van der Waals surface area (Å²) < 4.78 is 21.9. The van der Waals surface area contributed by atoms with Gasteiger partial charge in [0.1, 0.15) is 0 Å². The van der Waals surface area contributed by atoms with Crippen molar-refractivity contribution >= 4 is 9.84 Å². The van der Waals surface area contributed by atoms with Crippen molar-refractivity contribution in [2.45, 2.75) is 12.4 Å². The van der Waals surface area contributed by atoms with Crippen LogP contribution in [0.4, 0.5) is 0 Å². The zero-order valence-corrected chi connectivity index (χ0v) is 8.38. The highest BCUT2D eigenvalue weighted by molar-refractivity contribution is 7.90. The smallest absolute Gasteiger partial charge is 0.180 e. The van der Waals surface area contributed by atoms with E-state index in [1.165, 1.54) is 0 Å². The van der Waals surface area contributed by atoms with Crippen LogP contribution in [0.1, 0.15) is 16.6 Å². The standard InChI is InChI=1S/C9H12O3S/c1-7-3-5-8(6-4-7)9(10)13(2,11)12/h3-6,9-10H,1-2H3. The Morgan fingerprint density at radius 1 is 1.23 bits per heavy atom.